The van der Waals surface area contributed by atoms with Gasteiger partial charge >= 0.3 is 0 Å². The lowest BCUT2D eigenvalue weighted by Gasteiger charge is -2.23. The van der Waals surface area contributed by atoms with Gasteiger partial charge in [0.15, 0.2) is 0 Å². The van der Waals surface area contributed by atoms with Crippen LogP contribution >= 0.6 is 11.3 Å². The van der Waals surface area contributed by atoms with E-state index in [4.69, 9.17) is 4.74 Å². The summed E-state index contributed by atoms with van der Waals surface area (Å²) in [6.07, 6.45) is 9.68. The molecule has 160 valence electrons. The molecule has 5 heteroatoms. The minimum Gasteiger partial charge on any atom is -0.493 e. The van der Waals surface area contributed by atoms with Crippen LogP contribution in [0.25, 0.3) is 0 Å². The van der Waals surface area contributed by atoms with E-state index in [-0.39, 0.29) is 5.91 Å². The SMILES string of the molecule is Cc1ccsc1C(=O)N(Cc1cccc(OCC2CC=CCC2)c1)Cc1ccccn1. The predicted molar refractivity (Wildman–Crippen MR) is 125 cm³/mol. The number of hydrogen-bond donors (Lipinski definition) is 0. The van der Waals surface area contributed by atoms with E-state index in [9.17, 15) is 4.79 Å². The number of hydrogen-bond acceptors (Lipinski definition) is 4. The first kappa shape index (κ1) is 21.3. The van der Waals surface area contributed by atoms with Gasteiger partial charge in [-0.05, 0) is 78.9 Å². The molecule has 1 unspecified atom stereocenters. The molecule has 0 N–H and O–H groups in total. The van der Waals surface area contributed by atoms with Crippen molar-refractivity contribution in [3.63, 3.8) is 0 Å². The van der Waals surface area contributed by atoms with Gasteiger partial charge in [-0.2, -0.15) is 0 Å². The molecule has 0 radical (unpaired) electrons. The van der Waals surface area contributed by atoms with Gasteiger partial charge in [-0.15, -0.1) is 11.3 Å². The van der Waals surface area contributed by atoms with Crippen LogP contribution in [-0.2, 0) is 13.1 Å². The Kier molecular flexibility index (Phi) is 7.15. The third-order valence-electron chi connectivity index (χ3n) is 5.56. The number of aromatic nitrogens is 1. The third kappa shape index (κ3) is 5.82. The van der Waals surface area contributed by atoms with Crippen molar-refractivity contribution < 1.29 is 9.53 Å². The van der Waals surface area contributed by atoms with E-state index in [1.807, 2.05) is 53.6 Å². The smallest absolute Gasteiger partial charge is 0.264 e. The number of pyridine rings is 1. The summed E-state index contributed by atoms with van der Waals surface area (Å²) in [6, 6.07) is 15.9. The summed E-state index contributed by atoms with van der Waals surface area (Å²) in [6.45, 7) is 3.70. The Balaban J connectivity index is 1.48. The van der Waals surface area contributed by atoms with Crippen LogP contribution in [0.1, 0.15) is 45.8 Å². The summed E-state index contributed by atoms with van der Waals surface area (Å²) in [5.74, 6) is 1.49. The normalized spacial score (nSPS) is 15.6. The molecule has 0 fully saturated rings. The number of carbonyl (C=O) groups excluding carboxylic acids is 1. The highest BCUT2D eigenvalue weighted by atomic mass is 32.1. The first-order valence-corrected chi connectivity index (χ1v) is 11.7. The number of amides is 1. The molecule has 4 rings (SSSR count). The minimum atomic E-state index is 0.0402. The van der Waals surface area contributed by atoms with Gasteiger partial charge in [-0.3, -0.25) is 9.78 Å². The zero-order valence-corrected chi connectivity index (χ0v) is 18.7. The van der Waals surface area contributed by atoms with Crippen LogP contribution in [0.5, 0.6) is 5.75 Å². The van der Waals surface area contributed by atoms with Gasteiger partial charge in [0.25, 0.3) is 5.91 Å². The summed E-state index contributed by atoms with van der Waals surface area (Å²) in [5, 5.41) is 1.97. The fourth-order valence-electron chi connectivity index (χ4n) is 3.80. The average Bonchev–Trinajstić information content (AvgIpc) is 3.24. The average molecular weight is 433 g/mol. The number of thiophene rings is 1. The van der Waals surface area contributed by atoms with Gasteiger partial charge in [0, 0.05) is 12.7 Å². The van der Waals surface area contributed by atoms with E-state index in [0.29, 0.717) is 19.0 Å². The molecule has 1 aliphatic rings. The minimum absolute atomic E-state index is 0.0402. The van der Waals surface area contributed by atoms with Crippen molar-refractivity contribution in [2.24, 2.45) is 5.92 Å². The van der Waals surface area contributed by atoms with Gasteiger partial charge in [-0.25, -0.2) is 0 Å². The van der Waals surface area contributed by atoms with Crippen molar-refractivity contribution in [1.82, 2.24) is 9.88 Å². The molecular formula is C26H28N2O2S. The van der Waals surface area contributed by atoms with E-state index in [0.717, 1.165) is 46.9 Å². The number of allylic oxidation sites excluding steroid dienone is 2. The number of rotatable bonds is 8. The van der Waals surface area contributed by atoms with Gasteiger partial charge in [-0.1, -0.05) is 30.4 Å². The van der Waals surface area contributed by atoms with Crippen molar-refractivity contribution >= 4 is 17.2 Å². The second-order valence-electron chi connectivity index (χ2n) is 8.02. The second kappa shape index (κ2) is 10.4. The number of ether oxygens (including phenoxy) is 1. The highest BCUT2D eigenvalue weighted by molar-refractivity contribution is 7.12. The van der Waals surface area contributed by atoms with Gasteiger partial charge < -0.3 is 9.64 Å². The fourth-order valence-corrected chi connectivity index (χ4v) is 4.69. The lowest BCUT2D eigenvalue weighted by molar-refractivity contribution is 0.0732. The standard InChI is InChI=1S/C26H28N2O2S/c1-20-13-15-31-25(20)26(29)28(18-23-11-5-6-14-27-23)17-22-10-7-12-24(16-22)30-19-21-8-3-2-4-9-21/h2-3,5-7,10-16,21H,4,8-9,17-19H2,1H3. The maximum Gasteiger partial charge on any atom is 0.264 e. The molecule has 0 spiro atoms. The zero-order valence-electron chi connectivity index (χ0n) is 17.9. The predicted octanol–water partition coefficient (Wildman–Crippen LogP) is 6.03. The van der Waals surface area contributed by atoms with Gasteiger partial charge in [0.2, 0.25) is 0 Å². The second-order valence-corrected chi connectivity index (χ2v) is 8.94. The summed E-state index contributed by atoms with van der Waals surface area (Å²) in [4.78, 5) is 20.4. The maximum absolute atomic E-state index is 13.3. The molecule has 1 aromatic carbocycles. The Morgan fingerprint density at radius 2 is 2.10 bits per heavy atom. The van der Waals surface area contributed by atoms with E-state index < -0.39 is 0 Å². The van der Waals surface area contributed by atoms with Crippen LogP contribution in [0.15, 0.2) is 72.3 Å². The molecule has 2 aromatic heterocycles. The Bertz CT molecular complexity index is 1030. The van der Waals surface area contributed by atoms with E-state index in [1.54, 1.807) is 6.20 Å². The maximum atomic E-state index is 13.3. The molecule has 31 heavy (non-hydrogen) atoms. The van der Waals surface area contributed by atoms with E-state index in [2.05, 4.69) is 29.3 Å². The summed E-state index contributed by atoms with van der Waals surface area (Å²) >= 11 is 1.49. The topological polar surface area (TPSA) is 42.4 Å². The number of benzene rings is 1. The third-order valence-corrected chi connectivity index (χ3v) is 6.56. The molecule has 0 aliphatic heterocycles. The molecule has 4 nitrogen and oxygen atoms in total. The van der Waals surface area contributed by atoms with Crippen molar-refractivity contribution in [3.05, 3.63) is 94.0 Å². The Morgan fingerprint density at radius 1 is 1.16 bits per heavy atom. The molecule has 1 amide bonds. The number of carbonyl (C=O) groups is 1. The van der Waals surface area contributed by atoms with Crippen LogP contribution in [0.3, 0.4) is 0 Å². The molecule has 3 aromatic rings. The van der Waals surface area contributed by atoms with Crippen LogP contribution < -0.4 is 4.74 Å². The molecular weight excluding hydrogens is 404 g/mol. The largest absolute Gasteiger partial charge is 0.493 e. The Hall–Kier alpha value is -2.92. The van der Waals surface area contributed by atoms with Crippen molar-refractivity contribution in [2.45, 2.75) is 39.3 Å². The molecule has 0 bridgehead atoms. The quantitative estimate of drug-likeness (QED) is 0.408. The number of nitrogens with zero attached hydrogens (tertiary/aromatic N) is 2. The summed E-state index contributed by atoms with van der Waals surface area (Å²) in [5.41, 5.74) is 2.95. The van der Waals surface area contributed by atoms with Crippen LogP contribution in [0.2, 0.25) is 0 Å². The van der Waals surface area contributed by atoms with Crippen LogP contribution in [0.4, 0.5) is 0 Å². The van der Waals surface area contributed by atoms with Gasteiger partial charge in [0.1, 0.15) is 5.75 Å². The summed E-state index contributed by atoms with van der Waals surface area (Å²) < 4.78 is 6.09. The highest BCUT2D eigenvalue weighted by Crippen LogP contribution is 2.23. The van der Waals surface area contributed by atoms with Crippen LogP contribution in [0, 0.1) is 12.8 Å². The molecule has 0 saturated heterocycles. The van der Waals surface area contributed by atoms with Gasteiger partial charge in [0.05, 0.1) is 23.7 Å². The summed E-state index contributed by atoms with van der Waals surface area (Å²) in [7, 11) is 0. The molecule has 0 saturated carbocycles. The van der Waals surface area contributed by atoms with Crippen molar-refractivity contribution in [3.8, 4) is 5.75 Å². The first-order chi connectivity index (χ1) is 15.2. The number of aryl methyl sites for hydroxylation is 1. The zero-order chi connectivity index (χ0) is 21.5. The van der Waals surface area contributed by atoms with Crippen molar-refractivity contribution in [1.29, 1.82) is 0 Å². The molecule has 1 aliphatic carbocycles. The first-order valence-electron chi connectivity index (χ1n) is 10.8. The fraction of sp³-hybridized carbons (Fsp3) is 0.308. The van der Waals surface area contributed by atoms with Crippen molar-refractivity contribution in [2.75, 3.05) is 6.61 Å². The highest BCUT2D eigenvalue weighted by Gasteiger charge is 2.20. The lowest BCUT2D eigenvalue weighted by Crippen LogP contribution is -2.30. The van der Waals surface area contributed by atoms with E-state index in [1.165, 1.54) is 17.8 Å². The van der Waals surface area contributed by atoms with E-state index >= 15 is 0 Å². The monoisotopic (exact) mass is 432 g/mol. The van der Waals surface area contributed by atoms with Crippen LogP contribution in [-0.4, -0.2) is 22.4 Å². The Labute approximate surface area is 188 Å². The lowest BCUT2D eigenvalue weighted by atomic mass is 9.95. The molecule has 2 heterocycles. The Morgan fingerprint density at radius 3 is 2.84 bits per heavy atom. The molecule has 1 atom stereocenters.